The van der Waals surface area contributed by atoms with E-state index >= 15 is 0 Å². The van der Waals surface area contributed by atoms with Crippen LogP contribution in [0.2, 0.25) is 0 Å². The Bertz CT molecular complexity index is 427. The molecule has 0 saturated carbocycles. The number of amides is 1. The van der Waals surface area contributed by atoms with Gasteiger partial charge in [-0.1, -0.05) is 18.2 Å². The molecule has 0 aromatic heterocycles. The summed E-state index contributed by atoms with van der Waals surface area (Å²) < 4.78 is 29.1. The Morgan fingerprint density at radius 1 is 1.35 bits per heavy atom. The number of carbonyl (C=O) groups excluding carboxylic acids is 1. The summed E-state index contributed by atoms with van der Waals surface area (Å²) in [6, 6.07) is 6.08. The number of rotatable bonds is 8. The number of benzene rings is 1. The highest BCUT2D eigenvalue weighted by Gasteiger charge is 2.16. The average molecular weight is 286 g/mol. The monoisotopic (exact) mass is 286 g/mol. The first-order valence-corrected chi connectivity index (χ1v) is 6.52. The largest absolute Gasteiger partial charge is 0.434 e. The lowest BCUT2D eigenvalue weighted by atomic mass is 10.1. The van der Waals surface area contributed by atoms with Crippen LogP contribution in [0, 0.1) is 0 Å². The first-order valence-electron chi connectivity index (χ1n) is 6.52. The third-order valence-corrected chi connectivity index (χ3v) is 2.81. The van der Waals surface area contributed by atoms with Crippen LogP contribution in [0.1, 0.15) is 31.4 Å². The quantitative estimate of drug-likeness (QED) is 0.722. The van der Waals surface area contributed by atoms with E-state index in [1.807, 2.05) is 7.05 Å². The predicted molar refractivity (Wildman–Crippen MR) is 72.8 cm³/mol. The van der Waals surface area contributed by atoms with E-state index in [0.29, 0.717) is 12.0 Å². The van der Waals surface area contributed by atoms with Crippen molar-refractivity contribution in [2.45, 2.75) is 32.4 Å². The summed E-state index contributed by atoms with van der Waals surface area (Å²) in [6.07, 6.45) is 1.12. The Morgan fingerprint density at radius 2 is 2.05 bits per heavy atom. The van der Waals surface area contributed by atoms with Gasteiger partial charge in [0.1, 0.15) is 5.75 Å². The van der Waals surface area contributed by atoms with Gasteiger partial charge in [-0.3, -0.25) is 4.79 Å². The molecule has 1 rings (SSSR count). The standard InChI is InChI=1S/C14H20F2N2O2/c1-10(18-13(19)8-5-9-17-2)11-6-3-4-7-12(11)20-14(15)16/h3-4,6-7,10,14,17H,5,8-9H2,1-2H3,(H,18,19). The third-order valence-electron chi connectivity index (χ3n) is 2.81. The number of hydrogen-bond donors (Lipinski definition) is 2. The first kappa shape index (κ1) is 16.4. The number of ether oxygens (including phenoxy) is 1. The fourth-order valence-corrected chi connectivity index (χ4v) is 1.86. The van der Waals surface area contributed by atoms with Gasteiger partial charge in [0.15, 0.2) is 0 Å². The van der Waals surface area contributed by atoms with Crippen molar-refractivity contribution in [3.8, 4) is 5.75 Å². The molecule has 2 N–H and O–H groups in total. The van der Waals surface area contributed by atoms with E-state index in [4.69, 9.17) is 0 Å². The van der Waals surface area contributed by atoms with Gasteiger partial charge in [-0.05, 0) is 33.0 Å². The van der Waals surface area contributed by atoms with Crippen molar-refractivity contribution in [3.05, 3.63) is 29.8 Å². The second-order valence-corrected chi connectivity index (χ2v) is 4.41. The van der Waals surface area contributed by atoms with Gasteiger partial charge in [-0.15, -0.1) is 0 Å². The molecule has 0 radical (unpaired) electrons. The number of para-hydroxylation sites is 1. The summed E-state index contributed by atoms with van der Waals surface area (Å²) >= 11 is 0. The van der Waals surface area contributed by atoms with Crippen LogP contribution in [0.5, 0.6) is 5.75 Å². The summed E-state index contributed by atoms with van der Waals surface area (Å²) in [7, 11) is 1.82. The summed E-state index contributed by atoms with van der Waals surface area (Å²) in [5, 5.41) is 5.73. The molecule has 0 aliphatic carbocycles. The molecule has 4 nitrogen and oxygen atoms in total. The van der Waals surface area contributed by atoms with E-state index in [1.165, 1.54) is 6.07 Å². The van der Waals surface area contributed by atoms with Crippen molar-refractivity contribution in [3.63, 3.8) is 0 Å². The maximum atomic E-state index is 12.3. The lowest BCUT2D eigenvalue weighted by Gasteiger charge is -2.18. The van der Waals surface area contributed by atoms with E-state index in [1.54, 1.807) is 25.1 Å². The van der Waals surface area contributed by atoms with E-state index < -0.39 is 6.61 Å². The molecule has 6 heteroatoms. The summed E-state index contributed by atoms with van der Waals surface area (Å²) in [5.41, 5.74) is 0.537. The lowest BCUT2D eigenvalue weighted by molar-refractivity contribution is -0.121. The second-order valence-electron chi connectivity index (χ2n) is 4.41. The van der Waals surface area contributed by atoms with E-state index in [2.05, 4.69) is 15.4 Å². The Labute approximate surface area is 117 Å². The van der Waals surface area contributed by atoms with Gasteiger partial charge >= 0.3 is 6.61 Å². The highest BCUT2D eigenvalue weighted by Crippen LogP contribution is 2.26. The van der Waals surface area contributed by atoms with Crippen LogP contribution in [0.15, 0.2) is 24.3 Å². The van der Waals surface area contributed by atoms with Crippen molar-refractivity contribution in [1.82, 2.24) is 10.6 Å². The van der Waals surface area contributed by atoms with Crippen LogP contribution in [-0.2, 0) is 4.79 Å². The fraction of sp³-hybridized carbons (Fsp3) is 0.500. The summed E-state index contributed by atoms with van der Waals surface area (Å²) in [4.78, 5) is 11.7. The molecule has 0 heterocycles. The van der Waals surface area contributed by atoms with Crippen LogP contribution in [0.25, 0.3) is 0 Å². The third kappa shape index (κ3) is 5.52. The topological polar surface area (TPSA) is 50.4 Å². The van der Waals surface area contributed by atoms with Gasteiger partial charge in [0.2, 0.25) is 5.91 Å². The van der Waals surface area contributed by atoms with Gasteiger partial charge in [0, 0.05) is 12.0 Å². The Hall–Kier alpha value is -1.69. The van der Waals surface area contributed by atoms with Crippen molar-refractivity contribution in [1.29, 1.82) is 0 Å². The van der Waals surface area contributed by atoms with Crippen LogP contribution in [0.3, 0.4) is 0 Å². The van der Waals surface area contributed by atoms with Gasteiger partial charge in [-0.2, -0.15) is 8.78 Å². The molecule has 0 bridgehead atoms. The molecule has 0 spiro atoms. The molecular formula is C14H20F2N2O2. The second kappa shape index (κ2) is 8.47. The predicted octanol–water partition coefficient (Wildman–Crippen LogP) is 2.46. The molecule has 20 heavy (non-hydrogen) atoms. The van der Waals surface area contributed by atoms with Crippen LogP contribution >= 0.6 is 0 Å². The number of alkyl halides is 2. The minimum Gasteiger partial charge on any atom is -0.434 e. The molecule has 1 aromatic rings. The lowest BCUT2D eigenvalue weighted by Crippen LogP contribution is -2.27. The number of nitrogens with one attached hydrogen (secondary N) is 2. The summed E-state index contributed by atoms with van der Waals surface area (Å²) in [6.45, 7) is -0.383. The Kier molecular flexibility index (Phi) is 6.93. The highest BCUT2D eigenvalue weighted by molar-refractivity contribution is 5.76. The zero-order valence-electron chi connectivity index (χ0n) is 11.7. The van der Waals surface area contributed by atoms with Gasteiger partial charge < -0.3 is 15.4 Å². The van der Waals surface area contributed by atoms with E-state index in [0.717, 1.165) is 13.0 Å². The Balaban J connectivity index is 2.62. The van der Waals surface area contributed by atoms with Crippen molar-refractivity contribution in [2.24, 2.45) is 0 Å². The van der Waals surface area contributed by atoms with Gasteiger partial charge in [-0.25, -0.2) is 0 Å². The molecule has 1 amide bonds. The Morgan fingerprint density at radius 3 is 2.70 bits per heavy atom. The molecule has 0 fully saturated rings. The normalized spacial score (nSPS) is 12.2. The smallest absolute Gasteiger partial charge is 0.387 e. The fourth-order valence-electron chi connectivity index (χ4n) is 1.86. The molecule has 1 aromatic carbocycles. The molecule has 0 saturated heterocycles. The molecular weight excluding hydrogens is 266 g/mol. The van der Waals surface area contributed by atoms with Gasteiger partial charge in [0.25, 0.3) is 0 Å². The molecule has 112 valence electrons. The number of carbonyl (C=O) groups is 1. The number of halogens is 2. The summed E-state index contributed by atoms with van der Waals surface area (Å²) in [5.74, 6) is -0.0230. The van der Waals surface area contributed by atoms with Gasteiger partial charge in [0.05, 0.1) is 6.04 Å². The molecule has 0 aliphatic heterocycles. The van der Waals surface area contributed by atoms with E-state index in [-0.39, 0.29) is 17.7 Å². The molecule has 1 unspecified atom stereocenters. The van der Waals surface area contributed by atoms with Crippen LogP contribution in [0.4, 0.5) is 8.78 Å². The zero-order valence-corrected chi connectivity index (χ0v) is 11.7. The minimum absolute atomic E-state index is 0.0884. The maximum absolute atomic E-state index is 12.3. The van der Waals surface area contributed by atoms with Crippen LogP contribution < -0.4 is 15.4 Å². The molecule has 1 atom stereocenters. The van der Waals surface area contributed by atoms with Crippen molar-refractivity contribution >= 4 is 5.91 Å². The van der Waals surface area contributed by atoms with Crippen LogP contribution in [-0.4, -0.2) is 26.1 Å². The van der Waals surface area contributed by atoms with Crippen molar-refractivity contribution < 1.29 is 18.3 Å². The molecule has 0 aliphatic rings. The zero-order chi connectivity index (χ0) is 15.0. The number of hydrogen-bond acceptors (Lipinski definition) is 3. The van der Waals surface area contributed by atoms with Crippen molar-refractivity contribution in [2.75, 3.05) is 13.6 Å². The first-order chi connectivity index (χ1) is 9.54. The van der Waals surface area contributed by atoms with E-state index in [9.17, 15) is 13.6 Å². The SMILES string of the molecule is CNCCCC(=O)NC(C)c1ccccc1OC(F)F. The highest BCUT2D eigenvalue weighted by atomic mass is 19.3. The maximum Gasteiger partial charge on any atom is 0.387 e. The minimum atomic E-state index is -2.88. The average Bonchev–Trinajstić information content (AvgIpc) is 2.38.